The Morgan fingerprint density at radius 1 is 0.382 bits per heavy atom. The van der Waals surface area contributed by atoms with Crippen LogP contribution in [-0.2, 0) is 4.79 Å². The molecule has 0 bridgehead atoms. The summed E-state index contributed by atoms with van der Waals surface area (Å²) in [5.41, 5.74) is 0. The van der Waals surface area contributed by atoms with Crippen molar-refractivity contribution in [3.63, 3.8) is 0 Å². The van der Waals surface area contributed by atoms with E-state index in [9.17, 15) is 25.2 Å². The van der Waals surface area contributed by atoms with Gasteiger partial charge in [0.1, 0.15) is 12.2 Å². The molecule has 0 spiro atoms. The number of carbonyl (C=O) groups excluding carboxylic acids is 1. The molecule has 0 aromatic heterocycles. The van der Waals surface area contributed by atoms with Gasteiger partial charge in [0.25, 0.3) is 0 Å². The number of nitrogens with one attached hydrogen (secondary N) is 1. The van der Waals surface area contributed by atoms with Gasteiger partial charge in [-0.25, -0.2) is 0 Å². The predicted octanol–water partition coefficient (Wildman–Crippen LogP) is 13.6. The number of hydrogen-bond acceptors (Lipinski definition) is 5. The molecule has 0 aromatic carbocycles. The number of amides is 1. The van der Waals surface area contributed by atoms with Crippen LogP contribution in [0.25, 0.3) is 0 Å². The summed E-state index contributed by atoms with van der Waals surface area (Å²) in [6.07, 6.45) is 48.7. The smallest absolute Gasteiger partial charge is 0.249 e. The van der Waals surface area contributed by atoms with Crippen LogP contribution < -0.4 is 5.32 Å². The fraction of sp³-hybridized carbons (Fsp3) is 0.980. The van der Waals surface area contributed by atoms with Crippen LogP contribution in [0.15, 0.2) is 0 Å². The summed E-state index contributed by atoms with van der Waals surface area (Å²) in [4.78, 5) is 12.5. The van der Waals surface area contributed by atoms with E-state index in [0.717, 1.165) is 38.5 Å². The summed E-state index contributed by atoms with van der Waals surface area (Å²) in [5.74, 6) is -0.578. The van der Waals surface area contributed by atoms with Gasteiger partial charge < -0.3 is 25.7 Å². The van der Waals surface area contributed by atoms with E-state index in [4.69, 9.17) is 0 Å². The first-order chi connectivity index (χ1) is 27.0. The Kier molecular flexibility index (Phi) is 43.9. The molecular weight excluding hydrogens is 683 g/mol. The molecule has 0 saturated heterocycles. The average Bonchev–Trinajstić information content (AvgIpc) is 3.19. The van der Waals surface area contributed by atoms with Crippen LogP contribution in [0.5, 0.6) is 0 Å². The van der Waals surface area contributed by atoms with E-state index >= 15 is 0 Å². The van der Waals surface area contributed by atoms with Crippen molar-refractivity contribution in [3.8, 4) is 0 Å². The van der Waals surface area contributed by atoms with Gasteiger partial charge in [-0.3, -0.25) is 4.79 Å². The minimum atomic E-state index is -1.25. The molecule has 6 nitrogen and oxygen atoms in total. The molecular formula is C49H99NO5. The molecule has 0 aliphatic rings. The Bertz CT molecular complexity index is 751. The molecule has 0 saturated carbocycles. The van der Waals surface area contributed by atoms with Gasteiger partial charge in [0, 0.05) is 0 Å². The molecule has 330 valence electrons. The average molecular weight is 782 g/mol. The molecule has 4 atom stereocenters. The molecule has 1 amide bonds. The van der Waals surface area contributed by atoms with Crippen LogP contribution in [0.4, 0.5) is 0 Å². The highest BCUT2D eigenvalue weighted by Gasteiger charge is 2.28. The second kappa shape index (κ2) is 44.4. The molecule has 0 rings (SSSR count). The van der Waals surface area contributed by atoms with Crippen LogP contribution in [0.1, 0.15) is 277 Å². The second-order valence-electron chi connectivity index (χ2n) is 17.5. The van der Waals surface area contributed by atoms with E-state index in [1.54, 1.807) is 0 Å². The number of rotatable bonds is 46. The van der Waals surface area contributed by atoms with Crippen molar-refractivity contribution in [2.45, 2.75) is 301 Å². The summed E-state index contributed by atoms with van der Waals surface area (Å²) < 4.78 is 0. The van der Waals surface area contributed by atoms with Crippen LogP contribution in [0.2, 0.25) is 0 Å². The minimum absolute atomic E-state index is 0.376. The standard InChI is InChI=1S/C49H99NO5/c1-3-5-7-9-11-13-15-17-18-19-20-21-22-23-24-25-26-27-28-29-30-31-33-35-37-39-41-43-47(53)49(55)50-45(44-51)48(54)46(52)42-40-38-36-34-32-16-14-12-10-8-6-4-2/h45-48,51-54H,3-44H2,1-2H3,(H,50,55)/t45-,46+,47?,48-/m0/s1. The highest BCUT2D eigenvalue weighted by atomic mass is 16.3. The third-order valence-electron chi connectivity index (χ3n) is 12.1. The van der Waals surface area contributed by atoms with E-state index in [-0.39, 0.29) is 0 Å². The van der Waals surface area contributed by atoms with Crippen LogP contribution in [-0.4, -0.2) is 57.3 Å². The molecule has 6 heteroatoms. The van der Waals surface area contributed by atoms with Gasteiger partial charge in [-0.05, 0) is 12.8 Å². The van der Waals surface area contributed by atoms with E-state index < -0.39 is 36.9 Å². The lowest BCUT2D eigenvalue weighted by molar-refractivity contribution is -0.132. The maximum Gasteiger partial charge on any atom is 0.249 e. The van der Waals surface area contributed by atoms with E-state index in [1.807, 2.05) is 0 Å². The molecule has 0 heterocycles. The summed E-state index contributed by atoms with van der Waals surface area (Å²) in [6, 6.07) is -0.978. The Hall–Kier alpha value is -0.690. The zero-order chi connectivity index (χ0) is 40.3. The third-order valence-corrected chi connectivity index (χ3v) is 12.1. The summed E-state index contributed by atoms with van der Waals surface area (Å²) in [6.45, 7) is 4.07. The van der Waals surface area contributed by atoms with Crippen LogP contribution >= 0.6 is 0 Å². The molecule has 0 radical (unpaired) electrons. The molecule has 0 fully saturated rings. The van der Waals surface area contributed by atoms with Crippen LogP contribution in [0, 0.1) is 0 Å². The van der Waals surface area contributed by atoms with Gasteiger partial charge >= 0.3 is 0 Å². The Morgan fingerprint density at radius 2 is 0.618 bits per heavy atom. The lowest BCUT2D eigenvalue weighted by Crippen LogP contribution is -2.53. The number of carbonyl (C=O) groups is 1. The first kappa shape index (κ1) is 54.3. The molecule has 5 N–H and O–H groups in total. The maximum absolute atomic E-state index is 12.5. The highest BCUT2D eigenvalue weighted by Crippen LogP contribution is 2.18. The zero-order valence-corrected chi connectivity index (χ0v) is 37.2. The van der Waals surface area contributed by atoms with Crippen molar-refractivity contribution < 1.29 is 25.2 Å². The van der Waals surface area contributed by atoms with Crippen molar-refractivity contribution in [2.75, 3.05) is 6.61 Å². The SMILES string of the molecule is CCCCCCCCCCCCCCCCCCCCCCCCCCCCCC(O)C(=O)N[C@@H](CO)[C@H](O)[C@H](O)CCCCCCCCCCCCCC. The van der Waals surface area contributed by atoms with E-state index in [2.05, 4.69) is 19.2 Å². The fourth-order valence-corrected chi connectivity index (χ4v) is 8.11. The molecule has 0 aliphatic carbocycles. The van der Waals surface area contributed by atoms with Gasteiger partial charge in [0.15, 0.2) is 0 Å². The molecule has 0 aliphatic heterocycles. The number of unbranched alkanes of at least 4 members (excludes halogenated alkanes) is 37. The quantitative estimate of drug-likeness (QED) is 0.0395. The third kappa shape index (κ3) is 38.6. The topological polar surface area (TPSA) is 110 Å². The van der Waals surface area contributed by atoms with Crippen molar-refractivity contribution in [1.82, 2.24) is 5.32 Å². The van der Waals surface area contributed by atoms with Crippen molar-refractivity contribution >= 4 is 5.91 Å². The Morgan fingerprint density at radius 3 is 0.873 bits per heavy atom. The van der Waals surface area contributed by atoms with Crippen molar-refractivity contribution in [2.24, 2.45) is 0 Å². The van der Waals surface area contributed by atoms with Gasteiger partial charge in [-0.2, -0.15) is 0 Å². The number of hydrogen-bond donors (Lipinski definition) is 5. The highest BCUT2D eigenvalue weighted by molar-refractivity contribution is 5.80. The lowest BCUT2D eigenvalue weighted by Gasteiger charge is -2.27. The van der Waals surface area contributed by atoms with Crippen molar-refractivity contribution in [1.29, 1.82) is 0 Å². The van der Waals surface area contributed by atoms with E-state index in [1.165, 1.54) is 212 Å². The van der Waals surface area contributed by atoms with Crippen LogP contribution in [0.3, 0.4) is 0 Å². The molecule has 55 heavy (non-hydrogen) atoms. The fourth-order valence-electron chi connectivity index (χ4n) is 8.11. The Balaban J connectivity index is 3.56. The monoisotopic (exact) mass is 782 g/mol. The first-order valence-corrected chi connectivity index (χ1v) is 24.9. The minimum Gasteiger partial charge on any atom is -0.394 e. The normalized spacial score (nSPS) is 13.9. The maximum atomic E-state index is 12.5. The molecule has 1 unspecified atom stereocenters. The summed E-state index contributed by atoms with van der Waals surface area (Å²) in [7, 11) is 0. The molecule has 0 aromatic rings. The second-order valence-corrected chi connectivity index (χ2v) is 17.5. The van der Waals surface area contributed by atoms with Crippen molar-refractivity contribution in [3.05, 3.63) is 0 Å². The van der Waals surface area contributed by atoms with Gasteiger partial charge in [-0.15, -0.1) is 0 Å². The Labute approximate surface area is 343 Å². The lowest BCUT2D eigenvalue weighted by atomic mass is 9.99. The number of aliphatic hydroxyl groups excluding tert-OH is 4. The summed E-state index contributed by atoms with van der Waals surface area (Å²) in [5, 5.41) is 43.7. The van der Waals surface area contributed by atoms with E-state index in [0.29, 0.717) is 12.8 Å². The summed E-state index contributed by atoms with van der Waals surface area (Å²) >= 11 is 0. The van der Waals surface area contributed by atoms with Gasteiger partial charge in [-0.1, -0.05) is 264 Å². The van der Waals surface area contributed by atoms with Gasteiger partial charge in [0.05, 0.1) is 18.8 Å². The number of aliphatic hydroxyl groups is 4. The van der Waals surface area contributed by atoms with Gasteiger partial charge in [0.2, 0.25) is 5.91 Å². The zero-order valence-electron chi connectivity index (χ0n) is 37.2. The predicted molar refractivity (Wildman–Crippen MR) is 238 cm³/mol. The first-order valence-electron chi connectivity index (χ1n) is 24.9. The largest absolute Gasteiger partial charge is 0.394 e.